The number of hydrogen-bond acceptors (Lipinski definition) is 5. The summed E-state index contributed by atoms with van der Waals surface area (Å²) >= 11 is 0. The van der Waals surface area contributed by atoms with Crippen LogP contribution in [0.2, 0.25) is 0 Å². The van der Waals surface area contributed by atoms with E-state index in [4.69, 9.17) is 0 Å². The zero-order valence-electron chi connectivity index (χ0n) is 9.47. The molecular formula is C10H15N3O3. The Balaban J connectivity index is 2.73. The van der Waals surface area contributed by atoms with Crippen molar-refractivity contribution >= 4 is 11.5 Å². The Bertz CT molecular complexity index is 370. The topological polar surface area (TPSA) is 88.3 Å². The first-order valence-electron chi connectivity index (χ1n) is 4.86. The number of aliphatic hydroxyl groups is 1. The first-order valence-corrected chi connectivity index (χ1v) is 4.86. The Morgan fingerprint density at radius 2 is 2.12 bits per heavy atom. The molecule has 1 atom stereocenters. The molecule has 0 saturated heterocycles. The first-order chi connectivity index (χ1) is 7.30. The highest BCUT2D eigenvalue weighted by Crippen LogP contribution is 2.21. The summed E-state index contributed by atoms with van der Waals surface area (Å²) in [5, 5.41) is 22.9. The van der Waals surface area contributed by atoms with Crippen LogP contribution in [0.5, 0.6) is 0 Å². The van der Waals surface area contributed by atoms with Crippen LogP contribution in [-0.2, 0) is 0 Å². The van der Waals surface area contributed by atoms with Gasteiger partial charge in [0.1, 0.15) is 18.2 Å². The third-order valence-corrected chi connectivity index (χ3v) is 2.06. The van der Waals surface area contributed by atoms with E-state index in [1.54, 1.807) is 0 Å². The molecule has 0 spiro atoms. The smallest absolute Gasteiger partial charge is 0.287 e. The van der Waals surface area contributed by atoms with E-state index in [0.717, 1.165) is 6.20 Å². The lowest BCUT2D eigenvalue weighted by atomic mass is 9.94. The van der Waals surface area contributed by atoms with Crippen LogP contribution in [0.1, 0.15) is 20.8 Å². The molecule has 1 aromatic heterocycles. The highest BCUT2D eigenvalue weighted by molar-refractivity contribution is 5.40. The third kappa shape index (κ3) is 3.16. The molecule has 0 radical (unpaired) electrons. The van der Waals surface area contributed by atoms with E-state index in [1.165, 1.54) is 12.1 Å². The molecule has 1 rings (SSSR count). The minimum Gasteiger partial charge on any atom is -0.373 e. The first kappa shape index (κ1) is 12.4. The van der Waals surface area contributed by atoms with Crippen LogP contribution < -0.4 is 5.32 Å². The lowest BCUT2D eigenvalue weighted by Crippen LogP contribution is -2.33. The van der Waals surface area contributed by atoms with Crippen molar-refractivity contribution in [3.8, 4) is 0 Å². The van der Waals surface area contributed by atoms with Crippen LogP contribution in [0, 0.1) is 15.5 Å². The zero-order valence-corrected chi connectivity index (χ0v) is 9.47. The van der Waals surface area contributed by atoms with Gasteiger partial charge in [0.2, 0.25) is 0 Å². The Morgan fingerprint density at radius 1 is 1.50 bits per heavy atom. The van der Waals surface area contributed by atoms with E-state index in [-0.39, 0.29) is 11.1 Å². The largest absolute Gasteiger partial charge is 0.373 e. The van der Waals surface area contributed by atoms with E-state index in [0.29, 0.717) is 5.82 Å². The summed E-state index contributed by atoms with van der Waals surface area (Å²) in [7, 11) is 0. The average Bonchev–Trinajstić information content (AvgIpc) is 2.17. The maximum absolute atomic E-state index is 10.4. The molecule has 0 aliphatic heterocycles. The highest BCUT2D eigenvalue weighted by atomic mass is 16.6. The third-order valence-electron chi connectivity index (χ3n) is 2.06. The fraction of sp³-hybridized carbons (Fsp3) is 0.500. The quantitative estimate of drug-likeness (QED) is 0.465. The number of rotatable bonds is 3. The summed E-state index contributed by atoms with van der Waals surface area (Å²) in [5.41, 5.74) is -0.403. The summed E-state index contributed by atoms with van der Waals surface area (Å²) in [6.45, 7) is 5.61. The van der Waals surface area contributed by atoms with Crippen LogP contribution in [-0.4, -0.2) is 21.2 Å². The van der Waals surface area contributed by atoms with Gasteiger partial charge in [0.15, 0.2) is 0 Å². The van der Waals surface area contributed by atoms with E-state index in [1.807, 2.05) is 20.8 Å². The predicted octanol–water partition coefficient (Wildman–Crippen LogP) is 1.77. The lowest BCUT2D eigenvalue weighted by Gasteiger charge is -2.26. The summed E-state index contributed by atoms with van der Waals surface area (Å²) in [6.07, 6.45) is 0.388. The standard InChI is InChI=1S/C10H15N3O3/c1-10(2,3)9(14)12-8-5-4-7(6-11-8)13(15)16/h4-6,9,14H,1-3H3,(H,11,12). The fourth-order valence-electron chi connectivity index (χ4n) is 0.936. The van der Waals surface area contributed by atoms with Gasteiger partial charge in [-0.3, -0.25) is 10.1 Å². The Kier molecular flexibility index (Phi) is 3.44. The van der Waals surface area contributed by atoms with E-state index >= 15 is 0 Å². The number of hydrogen-bond donors (Lipinski definition) is 2. The molecule has 16 heavy (non-hydrogen) atoms. The summed E-state index contributed by atoms with van der Waals surface area (Å²) in [5.74, 6) is 0.410. The minimum absolute atomic E-state index is 0.0733. The van der Waals surface area contributed by atoms with Gasteiger partial charge in [0.25, 0.3) is 5.69 Å². The van der Waals surface area contributed by atoms with Gasteiger partial charge in [0, 0.05) is 11.5 Å². The van der Waals surface area contributed by atoms with Crippen LogP contribution >= 0.6 is 0 Å². The van der Waals surface area contributed by atoms with Crippen molar-refractivity contribution in [2.45, 2.75) is 27.0 Å². The normalized spacial score (nSPS) is 13.2. The molecular weight excluding hydrogens is 210 g/mol. The second-order valence-electron chi connectivity index (χ2n) is 4.57. The molecule has 0 bridgehead atoms. The van der Waals surface area contributed by atoms with Crippen LogP contribution in [0.15, 0.2) is 18.3 Å². The van der Waals surface area contributed by atoms with E-state index in [9.17, 15) is 15.2 Å². The molecule has 6 nitrogen and oxygen atoms in total. The average molecular weight is 225 g/mol. The molecule has 0 aliphatic carbocycles. The molecule has 1 unspecified atom stereocenters. The van der Waals surface area contributed by atoms with Crippen molar-refractivity contribution in [1.82, 2.24) is 4.98 Å². The Hall–Kier alpha value is -1.69. The Labute approximate surface area is 93.5 Å². The maximum atomic E-state index is 10.4. The zero-order chi connectivity index (χ0) is 12.3. The Morgan fingerprint density at radius 3 is 2.50 bits per heavy atom. The van der Waals surface area contributed by atoms with Crippen LogP contribution in [0.3, 0.4) is 0 Å². The van der Waals surface area contributed by atoms with Crippen molar-refractivity contribution in [2.24, 2.45) is 5.41 Å². The number of anilines is 1. The van der Waals surface area contributed by atoms with Gasteiger partial charge in [-0.2, -0.15) is 0 Å². The van der Waals surface area contributed by atoms with Crippen molar-refractivity contribution in [3.05, 3.63) is 28.4 Å². The van der Waals surface area contributed by atoms with Gasteiger partial charge < -0.3 is 10.4 Å². The molecule has 1 heterocycles. The van der Waals surface area contributed by atoms with Crippen molar-refractivity contribution < 1.29 is 10.0 Å². The van der Waals surface area contributed by atoms with Crippen LogP contribution in [0.4, 0.5) is 11.5 Å². The van der Waals surface area contributed by atoms with Gasteiger partial charge in [-0.05, 0) is 6.07 Å². The molecule has 0 fully saturated rings. The van der Waals surface area contributed by atoms with Crippen molar-refractivity contribution in [1.29, 1.82) is 0 Å². The molecule has 6 heteroatoms. The molecule has 88 valence electrons. The SMILES string of the molecule is CC(C)(C)C(O)Nc1ccc([N+](=O)[O-])cn1. The van der Waals surface area contributed by atoms with Gasteiger partial charge in [-0.25, -0.2) is 4.98 Å². The number of nitrogens with zero attached hydrogens (tertiary/aromatic N) is 2. The highest BCUT2D eigenvalue weighted by Gasteiger charge is 2.22. The number of nitrogens with one attached hydrogen (secondary N) is 1. The van der Waals surface area contributed by atoms with Gasteiger partial charge in [-0.15, -0.1) is 0 Å². The second kappa shape index (κ2) is 4.44. The molecule has 0 aromatic carbocycles. The molecule has 2 N–H and O–H groups in total. The van der Waals surface area contributed by atoms with Gasteiger partial charge in [-0.1, -0.05) is 20.8 Å². The number of pyridine rings is 1. The predicted molar refractivity (Wildman–Crippen MR) is 60.0 cm³/mol. The van der Waals surface area contributed by atoms with E-state index < -0.39 is 11.2 Å². The molecule has 0 aliphatic rings. The summed E-state index contributed by atoms with van der Waals surface area (Å²) < 4.78 is 0. The maximum Gasteiger partial charge on any atom is 0.287 e. The number of nitro groups is 1. The molecule has 1 aromatic rings. The monoisotopic (exact) mass is 225 g/mol. The van der Waals surface area contributed by atoms with Crippen molar-refractivity contribution in [3.63, 3.8) is 0 Å². The summed E-state index contributed by atoms with van der Waals surface area (Å²) in [6, 6.07) is 2.80. The number of aromatic nitrogens is 1. The minimum atomic E-state index is -0.763. The van der Waals surface area contributed by atoms with Crippen molar-refractivity contribution in [2.75, 3.05) is 5.32 Å². The van der Waals surface area contributed by atoms with Gasteiger partial charge in [0.05, 0.1) is 4.92 Å². The lowest BCUT2D eigenvalue weighted by molar-refractivity contribution is -0.385. The molecule has 0 amide bonds. The fourth-order valence-corrected chi connectivity index (χ4v) is 0.936. The summed E-state index contributed by atoms with van der Waals surface area (Å²) in [4.78, 5) is 13.7. The van der Waals surface area contributed by atoms with Gasteiger partial charge >= 0.3 is 0 Å². The second-order valence-corrected chi connectivity index (χ2v) is 4.57. The molecule has 0 saturated carbocycles. The van der Waals surface area contributed by atoms with E-state index in [2.05, 4.69) is 10.3 Å². The number of aliphatic hydroxyl groups excluding tert-OH is 1. The van der Waals surface area contributed by atoms with Crippen LogP contribution in [0.25, 0.3) is 0 Å².